The van der Waals surface area contributed by atoms with Gasteiger partial charge in [0.05, 0.1) is 12.4 Å². The molecule has 3 N–H and O–H groups in total. The van der Waals surface area contributed by atoms with E-state index in [0.29, 0.717) is 26.1 Å². The van der Waals surface area contributed by atoms with Crippen LogP contribution in [0.15, 0.2) is 0 Å². The van der Waals surface area contributed by atoms with E-state index in [0.717, 1.165) is 0 Å². The standard InChI is InChI=1S/C8H18BNO5S/c11-4-2-10-3-5-15-9(12)8-1-6-16(13,14)7-8/h8,10-12H,1-7H2/t8-/m1/s1. The summed E-state index contributed by atoms with van der Waals surface area (Å²) in [5, 5.41) is 21.0. The third-order valence-electron chi connectivity index (χ3n) is 2.53. The van der Waals surface area contributed by atoms with Gasteiger partial charge in [-0.15, -0.1) is 0 Å². The van der Waals surface area contributed by atoms with Gasteiger partial charge < -0.3 is 20.1 Å². The van der Waals surface area contributed by atoms with Crippen LogP contribution < -0.4 is 5.32 Å². The Morgan fingerprint density at radius 3 is 2.75 bits per heavy atom. The van der Waals surface area contributed by atoms with Gasteiger partial charge in [0.25, 0.3) is 0 Å². The fourth-order valence-corrected chi connectivity index (χ4v) is 3.45. The fourth-order valence-electron chi connectivity index (χ4n) is 1.64. The first-order valence-corrected chi connectivity index (χ1v) is 7.19. The SMILES string of the molecule is O=S1(=O)CC[C@@H](B(O)OCCNCCO)C1. The summed E-state index contributed by atoms with van der Waals surface area (Å²) in [5.74, 6) is -0.151. The molecular weight excluding hydrogens is 233 g/mol. The minimum absolute atomic E-state index is 0.0121. The molecule has 0 amide bonds. The highest BCUT2D eigenvalue weighted by molar-refractivity contribution is 7.91. The lowest BCUT2D eigenvalue weighted by Gasteiger charge is -2.12. The molecule has 6 nitrogen and oxygen atoms in total. The third-order valence-corrected chi connectivity index (χ3v) is 4.32. The van der Waals surface area contributed by atoms with Crippen LogP contribution in [0.4, 0.5) is 0 Å². The van der Waals surface area contributed by atoms with Crippen molar-refractivity contribution in [2.24, 2.45) is 0 Å². The summed E-state index contributed by atoms with van der Waals surface area (Å²) in [7, 11) is -3.97. The second kappa shape index (κ2) is 6.56. The molecule has 1 aliphatic heterocycles. The molecule has 1 atom stereocenters. The number of hydrogen-bond acceptors (Lipinski definition) is 6. The van der Waals surface area contributed by atoms with Crippen LogP contribution in [0.2, 0.25) is 5.82 Å². The summed E-state index contributed by atoms with van der Waals surface area (Å²) < 4.78 is 27.4. The zero-order valence-electron chi connectivity index (χ0n) is 9.13. The average molecular weight is 251 g/mol. The maximum atomic E-state index is 11.2. The Labute approximate surface area is 96.1 Å². The molecule has 1 saturated heterocycles. The van der Waals surface area contributed by atoms with Gasteiger partial charge in [0.15, 0.2) is 0 Å². The highest BCUT2D eigenvalue weighted by atomic mass is 32.2. The molecule has 0 aromatic rings. The lowest BCUT2D eigenvalue weighted by molar-refractivity contribution is 0.241. The fraction of sp³-hybridized carbons (Fsp3) is 1.00. The number of hydrogen-bond donors (Lipinski definition) is 3. The van der Waals surface area contributed by atoms with Crippen molar-refractivity contribution in [2.75, 3.05) is 37.8 Å². The van der Waals surface area contributed by atoms with Crippen LogP contribution in [0, 0.1) is 0 Å². The van der Waals surface area contributed by atoms with Gasteiger partial charge in [-0.1, -0.05) is 0 Å². The van der Waals surface area contributed by atoms with Crippen LogP contribution in [-0.2, 0) is 14.5 Å². The van der Waals surface area contributed by atoms with Crippen LogP contribution >= 0.6 is 0 Å². The van der Waals surface area contributed by atoms with Gasteiger partial charge in [-0.3, -0.25) is 0 Å². The van der Waals surface area contributed by atoms with Crippen molar-refractivity contribution in [1.29, 1.82) is 0 Å². The van der Waals surface area contributed by atoms with Gasteiger partial charge in [-0.25, -0.2) is 8.42 Å². The lowest BCUT2D eigenvalue weighted by Crippen LogP contribution is -2.30. The van der Waals surface area contributed by atoms with Gasteiger partial charge >= 0.3 is 7.12 Å². The molecule has 0 aliphatic carbocycles. The Hall–Kier alpha value is -0.145. The van der Waals surface area contributed by atoms with Crippen molar-refractivity contribution < 1.29 is 23.2 Å². The van der Waals surface area contributed by atoms with E-state index in [-0.39, 0.29) is 23.9 Å². The summed E-state index contributed by atoms with van der Waals surface area (Å²) >= 11 is 0. The number of sulfone groups is 1. The molecule has 0 saturated carbocycles. The molecule has 0 aromatic carbocycles. The van der Waals surface area contributed by atoms with Crippen molar-refractivity contribution in [3.05, 3.63) is 0 Å². The van der Waals surface area contributed by atoms with Crippen molar-refractivity contribution in [3.8, 4) is 0 Å². The van der Waals surface area contributed by atoms with Crippen molar-refractivity contribution in [1.82, 2.24) is 5.32 Å². The zero-order valence-corrected chi connectivity index (χ0v) is 9.95. The molecule has 0 aromatic heterocycles. The first-order valence-electron chi connectivity index (χ1n) is 5.37. The van der Waals surface area contributed by atoms with E-state index in [1.807, 2.05) is 0 Å². The molecule has 0 radical (unpaired) electrons. The van der Waals surface area contributed by atoms with Crippen molar-refractivity contribution >= 4 is 17.0 Å². The first kappa shape index (κ1) is 13.9. The molecule has 16 heavy (non-hydrogen) atoms. The molecule has 0 unspecified atom stereocenters. The molecule has 1 heterocycles. The molecule has 8 heteroatoms. The molecular formula is C8H18BNO5S. The minimum Gasteiger partial charge on any atom is -0.427 e. The maximum absolute atomic E-state index is 11.2. The van der Waals surface area contributed by atoms with E-state index >= 15 is 0 Å². The van der Waals surface area contributed by atoms with Gasteiger partial charge in [-0.2, -0.15) is 0 Å². The van der Waals surface area contributed by atoms with Crippen molar-refractivity contribution in [3.63, 3.8) is 0 Å². The van der Waals surface area contributed by atoms with E-state index in [4.69, 9.17) is 9.76 Å². The van der Waals surface area contributed by atoms with E-state index in [9.17, 15) is 13.4 Å². The molecule has 1 rings (SSSR count). The number of aliphatic hydroxyl groups excluding tert-OH is 1. The highest BCUT2D eigenvalue weighted by Crippen LogP contribution is 2.25. The molecule has 0 spiro atoms. The van der Waals surface area contributed by atoms with Crippen LogP contribution in [0.5, 0.6) is 0 Å². The predicted molar refractivity (Wildman–Crippen MR) is 60.9 cm³/mol. The second-order valence-corrected chi connectivity index (χ2v) is 6.13. The Bertz CT molecular complexity index is 297. The second-order valence-electron chi connectivity index (χ2n) is 3.90. The molecule has 94 valence electrons. The van der Waals surface area contributed by atoms with Gasteiger partial charge in [0.1, 0.15) is 9.84 Å². The first-order chi connectivity index (χ1) is 7.55. The van der Waals surface area contributed by atoms with Gasteiger partial charge in [0.2, 0.25) is 0 Å². The van der Waals surface area contributed by atoms with Gasteiger partial charge in [-0.05, 0) is 6.42 Å². The van der Waals surface area contributed by atoms with Crippen LogP contribution in [-0.4, -0.2) is 63.5 Å². The molecule has 1 aliphatic rings. The largest absolute Gasteiger partial charge is 0.458 e. The Balaban J connectivity index is 2.14. The lowest BCUT2D eigenvalue weighted by atomic mass is 9.72. The smallest absolute Gasteiger partial charge is 0.427 e. The van der Waals surface area contributed by atoms with E-state index < -0.39 is 17.0 Å². The van der Waals surface area contributed by atoms with Crippen LogP contribution in [0.3, 0.4) is 0 Å². The number of aliphatic hydroxyl groups is 1. The predicted octanol–water partition coefficient (Wildman–Crippen LogP) is -1.75. The Kier molecular flexibility index (Phi) is 5.70. The van der Waals surface area contributed by atoms with Crippen LogP contribution in [0.1, 0.15) is 6.42 Å². The van der Waals surface area contributed by atoms with Gasteiger partial charge in [0, 0.05) is 31.3 Å². The number of rotatable bonds is 7. The summed E-state index contributed by atoms with van der Waals surface area (Å²) in [5.41, 5.74) is 0. The van der Waals surface area contributed by atoms with Crippen LogP contribution in [0.25, 0.3) is 0 Å². The quantitative estimate of drug-likeness (QED) is 0.367. The monoisotopic (exact) mass is 251 g/mol. The Morgan fingerprint density at radius 1 is 1.44 bits per heavy atom. The summed E-state index contributed by atoms with van der Waals surface area (Å²) in [4.78, 5) is 0. The third kappa shape index (κ3) is 4.79. The van der Waals surface area contributed by atoms with E-state index in [2.05, 4.69) is 5.32 Å². The summed E-state index contributed by atoms with van der Waals surface area (Å²) in [6, 6.07) is 0. The minimum atomic E-state index is -2.97. The van der Waals surface area contributed by atoms with E-state index in [1.165, 1.54) is 0 Å². The average Bonchev–Trinajstić information content (AvgIpc) is 2.58. The van der Waals surface area contributed by atoms with Crippen molar-refractivity contribution in [2.45, 2.75) is 12.2 Å². The number of nitrogens with one attached hydrogen (secondary N) is 1. The maximum Gasteiger partial charge on any atom is 0.458 e. The Morgan fingerprint density at radius 2 is 2.19 bits per heavy atom. The summed E-state index contributed by atoms with van der Waals surface area (Å²) in [6.07, 6.45) is 0.466. The summed E-state index contributed by atoms with van der Waals surface area (Å²) in [6.45, 7) is 1.37. The normalized spacial score (nSPS) is 23.5. The highest BCUT2D eigenvalue weighted by Gasteiger charge is 2.37. The zero-order chi connectivity index (χ0) is 12.0. The van der Waals surface area contributed by atoms with E-state index in [1.54, 1.807) is 0 Å². The molecule has 0 bridgehead atoms. The molecule has 1 fully saturated rings. The topological polar surface area (TPSA) is 95.9 Å².